The number of hydrogen-bond donors (Lipinski definition) is 2. The van der Waals surface area contributed by atoms with Gasteiger partial charge in [-0.05, 0) is 30.7 Å². The van der Waals surface area contributed by atoms with E-state index in [4.69, 9.17) is 0 Å². The monoisotopic (exact) mass is 297 g/mol. The minimum absolute atomic E-state index is 0.0789. The summed E-state index contributed by atoms with van der Waals surface area (Å²) in [4.78, 5) is 11.5. The highest BCUT2D eigenvalue weighted by Crippen LogP contribution is 2.57. The number of methoxy groups -OCH3 is 1. The van der Waals surface area contributed by atoms with Gasteiger partial charge in [0.2, 0.25) is 11.8 Å². The number of benzene rings is 1. The maximum atomic E-state index is 11.5. The normalized spacial score (nSPS) is 21.1. The summed E-state index contributed by atoms with van der Waals surface area (Å²) in [5.41, 5.74) is 2.67. The molecule has 2 unspecified atom stereocenters. The Hall–Kier alpha value is -2.69. The van der Waals surface area contributed by atoms with Gasteiger partial charge in [0.1, 0.15) is 0 Å². The molecule has 0 saturated carbocycles. The molecule has 0 saturated heterocycles. The SMILES string of the molecule is COC(=O)c1ccc(-n2c(O)c3c(c2O)C2C=CC3C2)cc1. The van der Waals surface area contributed by atoms with Crippen LogP contribution in [0.5, 0.6) is 11.8 Å². The Morgan fingerprint density at radius 2 is 1.64 bits per heavy atom. The largest absolute Gasteiger partial charge is 0.494 e. The van der Waals surface area contributed by atoms with Gasteiger partial charge in [-0.15, -0.1) is 0 Å². The molecule has 2 aromatic rings. The van der Waals surface area contributed by atoms with Crippen LogP contribution >= 0.6 is 0 Å². The molecule has 0 amide bonds. The van der Waals surface area contributed by atoms with Crippen molar-refractivity contribution in [3.05, 3.63) is 53.1 Å². The quantitative estimate of drug-likeness (QED) is 0.660. The Balaban J connectivity index is 1.80. The molecule has 112 valence electrons. The number of aromatic hydroxyl groups is 2. The molecule has 2 atom stereocenters. The number of aromatic nitrogens is 1. The van der Waals surface area contributed by atoms with Crippen LogP contribution in [0.15, 0.2) is 36.4 Å². The number of nitrogens with zero attached hydrogens (tertiary/aromatic N) is 1. The van der Waals surface area contributed by atoms with Crippen molar-refractivity contribution < 1.29 is 19.7 Å². The molecule has 22 heavy (non-hydrogen) atoms. The van der Waals surface area contributed by atoms with Crippen molar-refractivity contribution in [2.45, 2.75) is 18.3 Å². The van der Waals surface area contributed by atoms with Crippen molar-refractivity contribution in [3.8, 4) is 17.4 Å². The molecule has 2 bridgehead atoms. The van der Waals surface area contributed by atoms with Crippen LogP contribution in [0.1, 0.15) is 39.7 Å². The van der Waals surface area contributed by atoms with Crippen molar-refractivity contribution in [2.75, 3.05) is 7.11 Å². The highest BCUT2D eigenvalue weighted by molar-refractivity contribution is 5.89. The molecule has 0 radical (unpaired) electrons. The van der Waals surface area contributed by atoms with E-state index in [2.05, 4.69) is 16.9 Å². The number of fused-ring (bicyclic) bond motifs is 5. The first-order valence-corrected chi connectivity index (χ1v) is 7.15. The van der Waals surface area contributed by atoms with Gasteiger partial charge in [-0.2, -0.15) is 0 Å². The predicted octanol–water partition coefficient (Wildman–Crippen LogP) is 2.82. The number of carbonyl (C=O) groups is 1. The maximum absolute atomic E-state index is 11.5. The fraction of sp³-hybridized carbons (Fsp3) is 0.235. The molecular formula is C17H15NO4. The zero-order valence-electron chi connectivity index (χ0n) is 12.0. The lowest BCUT2D eigenvalue weighted by Gasteiger charge is -2.10. The average molecular weight is 297 g/mol. The topological polar surface area (TPSA) is 71.7 Å². The van der Waals surface area contributed by atoms with Gasteiger partial charge in [-0.1, -0.05) is 12.2 Å². The summed E-state index contributed by atoms with van der Waals surface area (Å²) in [5, 5.41) is 21.0. The van der Waals surface area contributed by atoms with Crippen LogP contribution in [0, 0.1) is 0 Å². The van der Waals surface area contributed by atoms with E-state index in [1.165, 1.54) is 11.7 Å². The number of allylic oxidation sites excluding steroid dienone is 2. The molecule has 1 aromatic heterocycles. The van der Waals surface area contributed by atoms with Crippen molar-refractivity contribution in [1.82, 2.24) is 4.57 Å². The van der Waals surface area contributed by atoms with Crippen LogP contribution in [0.2, 0.25) is 0 Å². The van der Waals surface area contributed by atoms with Crippen LogP contribution in [0.4, 0.5) is 0 Å². The zero-order chi connectivity index (χ0) is 15.4. The van der Waals surface area contributed by atoms with Crippen molar-refractivity contribution in [2.24, 2.45) is 0 Å². The summed E-state index contributed by atoms with van der Waals surface area (Å²) in [5.74, 6) is 0.102. The molecule has 1 aromatic carbocycles. The fourth-order valence-electron chi connectivity index (χ4n) is 3.55. The van der Waals surface area contributed by atoms with E-state index in [0.29, 0.717) is 11.3 Å². The Kier molecular flexibility index (Phi) is 2.60. The van der Waals surface area contributed by atoms with Gasteiger partial charge >= 0.3 is 5.97 Å². The van der Waals surface area contributed by atoms with Crippen LogP contribution in [0.3, 0.4) is 0 Å². The molecule has 0 aliphatic heterocycles. The third kappa shape index (κ3) is 1.56. The summed E-state index contributed by atoms with van der Waals surface area (Å²) in [6.07, 6.45) is 5.08. The molecular weight excluding hydrogens is 282 g/mol. The van der Waals surface area contributed by atoms with E-state index in [0.717, 1.165) is 17.5 Å². The minimum atomic E-state index is -0.419. The van der Waals surface area contributed by atoms with Crippen LogP contribution in [0.25, 0.3) is 5.69 Å². The van der Waals surface area contributed by atoms with Crippen molar-refractivity contribution >= 4 is 5.97 Å². The maximum Gasteiger partial charge on any atom is 0.337 e. The van der Waals surface area contributed by atoms with E-state index < -0.39 is 5.97 Å². The smallest absolute Gasteiger partial charge is 0.337 e. The summed E-state index contributed by atoms with van der Waals surface area (Å²) in [6, 6.07) is 6.57. The molecule has 0 fully saturated rings. The summed E-state index contributed by atoms with van der Waals surface area (Å²) in [7, 11) is 1.33. The Morgan fingerprint density at radius 3 is 2.14 bits per heavy atom. The highest BCUT2D eigenvalue weighted by Gasteiger charge is 2.41. The molecule has 5 heteroatoms. The first kappa shape index (κ1) is 13.0. The van der Waals surface area contributed by atoms with Crippen LogP contribution in [-0.4, -0.2) is 27.9 Å². The van der Waals surface area contributed by atoms with Gasteiger partial charge < -0.3 is 14.9 Å². The van der Waals surface area contributed by atoms with Gasteiger partial charge in [0, 0.05) is 23.0 Å². The number of hydrogen-bond acceptors (Lipinski definition) is 4. The van der Waals surface area contributed by atoms with Gasteiger partial charge in [-0.25, -0.2) is 4.79 Å². The molecule has 2 aliphatic carbocycles. The van der Waals surface area contributed by atoms with Gasteiger partial charge in [-0.3, -0.25) is 4.57 Å². The first-order chi connectivity index (χ1) is 10.6. The average Bonchev–Trinajstić information content (AvgIpc) is 3.21. The van der Waals surface area contributed by atoms with E-state index in [9.17, 15) is 15.0 Å². The standard InChI is InChI=1S/C17H15NO4/c1-22-17(21)9-4-6-12(7-5-9)18-15(19)13-10-2-3-11(8-10)14(13)16(18)20/h2-7,10-11,19-20H,8H2,1H3. The van der Waals surface area contributed by atoms with Gasteiger partial charge in [0.15, 0.2) is 0 Å². The van der Waals surface area contributed by atoms with E-state index >= 15 is 0 Å². The lowest BCUT2D eigenvalue weighted by molar-refractivity contribution is 0.0601. The minimum Gasteiger partial charge on any atom is -0.494 e. The predicted molar refractivity (Wildman–Crippen MR) is 79.7 cm³/mol. The fourth-order valence-corrected chi connectivity index (χ4v) is 3.55. The zero-order valence-corrected chi connectivity index (χ0v) is 12.0. The molecule has 5 nitrogen and oxygen atoms in total. The molecule has 2 N–H and O–H groups in total. The number of esters is 1. The third-order valence-corrected chi connectivity index (χ3v) is 4.57. The highest BCUT2D eigenvalue weighted by atomic mass is 16.5. The molecule has 4 rings (SSSR count). The molecule has 0 spiro atoms. The second-order valence-corrected chi connectivity index (χ2v) is 5.68. The Morgan fingerprint density at radius 1 is 1.09 bits per heavy atom. The van der Waals surface area contributed by atoms with Crippen molar-refractivity contribution in [3.63, 3.8) is 0 Å². The third-order valence-electron chi connectivity index (χ3n) is 4.57. The lowest BCUT2D eigenvalue weighted by Crippen LogP contribution is -2.02. The number of carbonyl (C=O) groups excluding carboxylic acids is 1. The second-order valence-electron chi connectivity index (χ2n) is 5.68. The Labute approximate surface area is 127 Å². The second kappa shape index (κ2) is 4.40. The van der Waals surface area contributed by atoms with Gasteiger partial charge in [0.25, 0.3) is 0 Å². The number of rotatable bonds is 2. The summed E-state index contributed by atoms with van der Waals surface area (Å²) >= 11 is 0. The van der Waals surface area contributed by atoms with E-state index in [1.807, 2.05) is 0 Å². The van der Waals surface area contributed by atoms with E-state index in [-0.39, 0.29) is 23.6 Å². The van der Waals surface area contributed by atoms with Crippen molar-refractivity contribution in [1.29, 1.82) is 0 Å². The molecule has 1 heterocycles. The Bertz CT molecular complexity index is 766. The first-order valence-electron chi connectivity index (χ1n) is 7.15. The van der Waals surface area contributed by atoms with Crippen LogP contribution < -0.4 is 0 Å². The van der Waals surface area contributed by atoms with E-state index in [1.54, 1.807) is 24.3 Å². The summed E-state index contributed by atoms with van der Waals surface area (Å²) in [6.45, 7) is 0. The number of ether oxygens (including phenoxy) is 1. The van der Waals surface area contributed by atoms with Crippen LogP contribution in [-0.2, 0) is 4.74 Å². The molecule has 2 aliphatic rings. The van der Waals surface area contributed by atoms with Gasteiger partial charge in [0.05, 0.1) is 18.4 Å². The lowest BCUT2D eigenvalue weighted by atomic mass is 10.0. The summed E-state index contributed by atoms with van der Waals surface area (Å²) < 4.78 is 6.09.